The van der Waals surface area contributed by atoms with Crippen molar-refractivity contribution in [2.24, 2.45) is 0 Å². The molecule has 1 aliphatic heterocycles. The summed E-state index contributed by atoms with van der Waals surface area (Å²) in [5, 5.41) is 3.46. The van der Waals surface area contributed by atoms with Crippen LogP contribution in [-0.2, 0) is 0 Å². The summed E-state index contributed by atoms with van der Waals surface area (Å²) in [6, 6.07) is 4.13. The molecule has 1 aromatic rings. The van der Waals surface area contributed by atoms with E-state index < -0.39 is 0 Å². The quantitative estimate of drug-likeness (QED) is 0.866. The van der Waals surface area contributed by atoms with Crippen molar-refractivity contribution < 1.29 is 4.79 Å². The van der Waals surface area contributed by atoms with Crippen LogP contribution in [0.4, 0.5) is 0 Å². The molecule has 5 heteroatoms. The topological polar surface area (TPSA) is 45.2 Å². The smallest absolute Gasteiger partial charge is 0.273 e. The van der Waals surface area contributed by atoms with Crippen LogP contribution in [-0.4, -0.2) is 41.5 Å². The molecule has 20 heavy (non-hydrogen) atoms. The van der Waals surface area contributed by atoms with Crippen molar-refractivity contribution >= 4 is 21.8 Å². The number of hydrogen-bond donors (Lipinski definition) is 1. The van der Waals surface area contributed by atoms with Gasteiger partial charge in [0.1, 0.15) is 5.69 Å². The van der Waals surface area contributed by atoms with Crippen LogP contribution in [0.1, 0.15) is 43.1 Å². The predicted octanol–water partition coefficient (Wildman–Crippen LogP) is 2.84. The molecule has 1 saturated heterocycles. The fourth-order valence-corrected chi connectivity index (χ4v) is 2.92. The Morgan fingerprint density at radius 2 is 2.45 bits per heavy atom. The molecular weight excluding hydrogens is 318 g/mol. The summed E-state index contributed by atoms with van der Waals surface area (Å²) in [5.74, 6) is 0.0274. The summed E-state index contributed by atoms with van der Waals surface area (Å²) in [6.45, 7) is 4.79. The summed E-state index contributed by atoms with van der Waals surface area (Å²) < 4.78 is 0.769. The summed E-state index contributed by atoms with van der Waals surface area (Å²) in [4.78, 5) is 18.8. The monoisotopic (exact) mass is 339 g/mol. The van der Waals surface area contributed by atoms with Crippen LogP contribution in [0.3, 0.4) is 0 Å². The standard InChI is InChI=1S/C15H22BrN3O/c1-2-3-10-19(11-12-6-4-8-17-12)15(20)14-13(16)7-5-9-18-14/h5,7,9,12,17H,2-4,6,8,10-11H2,1H3. The van der Waals surface area contributed by atoms with Gasteiger partial charge < -0.3 is 10.2 Å². The van der Waals surface area contributed by atoms with Crippen LogP contribution < -0.4 is 5.32 Å². The van der Waals surface area contributed by atoms with Gasteiger partial charge in [-0.05, 0) is 53.9 Å². The number of carbonyl (C=O) groups is 1. The lowest BCUT2D eigenvalue weighted by molar-refractivity contribution is 0.0732. The van der Waals surface area contributed by atoms with Crippen LogP contribution in [0.25, 0.3) is 0 Å². The number of halogens is 1. The Balaban J connectivity index is 2.08. The van der Waals surface area contributed by atoms with Gasteiger partial charge in [-0.25, -0.2) is 4.98 Å². The molecule has 0 saturated carbocycles. The average Bonchev–Trinajstić information content (AvgIpc) is 2.96. The maximum atomic E-state index is 12.7. The number of pyridine rings is 1. The SMILES string of the molecule is CCCCN(CC1CCCN1)C(=O)c1ncccc1Br. The Morgan fingerprint density at radius 3 is 3.10 bits per heavy atom. The van der Waals surface area contributed by atoms with Crippen molar-refractivity contribution in [3.05, 3.63) is 28.5 Å². The first-order valence-corrected chi connectivity index (χ1v) is 8.15. The average molecular weight is 340 g/mol. The Kier molecular flexibility index (Phi) is 5.98. The molecule has 0 bridgehead atoms. The van der Waals surface area contributed by atoms with Gasteiger partial charge in [0.2, 0.25) is 0 Å². The maximum absolute atomic E-state index is 12.7. The van der Waals surface area contributed by atoms with Crippen molar-refractivity contribution in [3.8, 4) is 0 Å². The van der Waals surface area contributed by atoms with Crippen LogP contribution in [0, 0.1) is 0 Å². The summed E-state index contributed by atoms with van der Waals surface area (Å²) >= 11 is 3.42. The first-order chi connectivity index (χ1) is 9.72. The van der Waals surface area contributed by atoms with E-state index in [1.807, 2.05) is 17.0 Å². The van der Waals surface area contributed by atoms with E-state index in [2.05, 4.69) is 33.2 Å². The zero-order valence-corrected chi connectivity index (χ0v) is 13.5. The highest BCUT2D eigenvalue weighted by Crippen LogP contribution is 2.17. The lowest BCUT2D eigenvalue weighted by atomic mass is 10.2. The molecule has 1 fully saturated rings. The van der Waals surface area contributed by atoms with Gasteiger partial charge in [-0.2, -0.15) is 0 Å². The van der Waals surface area contributed by atoms with E-state index in [9.17, 15) is 4.79 Å². The molecule has 1 aliphatic rings. The molecule has 0 spiro atoms. The number of nitrogens with one attached hydrogen (secondary N) is 1. The van der Waals surface area contributed by atoms with Crippen molar-refractivity contribution in [1.29, 1.82) is 0 Å². The molecule has 110 valence electrons. The number of aromatic nitrogens is 1. The van der Waals surface area contributed by atoms with Gasteiger partial charge in [0.15, 0.2) is 0 Å². The normalized spacial score (nSPS) is 18.2. The predicted molar refractivity (Wildman–Crippen MR) is 83.8 cm³/mol. The van der Waals surface area contributed by atoms with E-state index >= 15 is 0 Å². The minimum atomic E-state index is 0.0274. The van der Waals surface area contributed by atoms with Crippen LogP contribution in [0.5, 0.6) is 0 Å². The number of amides is 1. The number of carbonyl (C=O) groups excluding carboxylic acids is 1. The van der Waals surface area contributed by atoms with Gasteiger partial charge in [-0.1, -0.05) is 13.3 Å². The second-order valence-electron chi connectivity index (χ2n) is 5.23. The van der Waals surface area contributed by atoms with Gasteiger partial charge in [0.05, 0.1) is 0 Å². The molecule has 0 radical (unpaired) electrons. The van der Waals surface area contributed by atoms with Crippen molar-refractivity contribution in [1.82, 2.24) is 15.2 Å². The zero-order chi connectivity index (χ0) is 14.4. The lowest BCUT2D eigenvalue weighted by Crippen LogP contribution is -2.42. The number of nitrogens with zero attached hydrogens (tertiary/aromatic N) is 2. The Hall–Kier alpha value is -0.940. The molecule has 2 heterocycles. The second kappa shape index (κ2) is 7.74. The fourth-order valence-electron chi connectivity index (χ4n) is 2.50. The summed E-state index contributed by atoms with van der Waals surface area (Å²) in [5.41, 5.74) is 0.515. The molecule has 4 nitrogen and oxygen atoms in total. The lowest BCUT2D eigenvalue weighted by Gasteiger charge is -2.26. The first-order valence-electron chi connectivity index (χ1n) is 7.35. The van der Waals surface area contributed by atoms with Gasteiger partial charge >= 0.3 is 0 Å². The highest BCUT2D eigenvalue weighted by molar-refractivity contribution is 9.10. The van der Waals surface area contributed by atoms with E-state index in [0.29, 0.717) is 11.7 Å². The van der Waals surface area contributed by atoms with E-state index in [1.54, 1.807) is 6.20 Å². The number of unbranched alkanes of at least 4 members (excludes halogenated alkanes) is 1. The molecule has 1 N–H and O–H groups in total. The van der Waals surface area contributed by atoms with E-state index in [4.69, 9.17) is 0 Å². The molecule has 1 amide bonds. The van der Waals surface area contributed by atoms with Crippen molar-refractivity contribution in [2.75, 3.05) is 19.6 Å². The first kappa shape index (κ1) is 15.4. The van der Waals surface area contributed by atoms with E-state index in [1.165, 1.54) is 6.42 Å². The van der Waals surface area contributed by atoms with E-state index in [-0.39, 0.29) is 5.91 Å². The zero-order valence-electron chi connectivity index (χ0n) is 11.9. The number of rotatable bonds is 6. The van der Waals surface area contributed by atoms with Crippen molar-refractivity contribution in [3.63, 3.8) is 0 Å². The third-order valence-corrected chi connectivity index (χ3v) is 4.27. The second-order valence-corrected chi connectivity index (χ2v) is 6.09. The van der Waals surface area contributed by atoms with Gasteiger partial charge in [-0.15, -0.1) is 0 Å². The molecular formula is C15H22BrN3O. The minimum absolute atomic E-state index is 0.0274. The Morgan fingerprint density at radius 1 is 1.60 bits per heavy atom. The summed E-state index contributed by atoms with van der Waals surface area (Å²) in [6.07, 6.45) is 6.14. The molecule has 1 aromatic heterocycles. The third kappa shape index (κ3) is 4.03. The third-order valence-electron chi connectivity index (χ3n) is 3.63. The number of hydrogen-bond acceptors (Lipinski definition) is 3. The Labute approximate surface area is 129 Å². The molecule has 0 aliphatic carbocycles. The van der Waals surface area contributed by atoms with Gasteiger partial charge in [0, 0.05) is 29.8 Å². The van der Waals surface area contributed by atoms with Gasteiger partial charge in [-0.3, -0.25) is 4.79 Å². The largest absolute Gasteiger partial charge is 0.336 e. The molecule has 1 atom stereocenters. The van der Waals surface area contributed by atoms with Crippen LogP contribution in [0.15, 0.2) is 22.8 Å². The van der Waals surface area contributed by atoms with E-state index in [0.717, 1.165) is 43.4 Å². The minimum Gasteiger partial charge on any atom is -0.336 e. The highest BCUT2D eigenvalue weighted by Gasteiger charge is 2.23. The van der Waals surface area contributed by atoms with Crippen molar-refractivity contribution in [2.45, 2.75) is 38.6 Å². The van der Waals surface area contributed by atoms with Crippen LogP contribution in [0.2, 0.25) is 0 Å². The fraction of sp³-hybridized carbons (Fsp3) is 0.600. The summed E-state index contributed by atoms with van der Waals surface area (Å²) in [7, 11) is 0. The molecule has 2 rings (SSSR count). The van der Waals surface area contributed by atoms with Crippen LogP contribution >= 0.6 is 15.9 Å². The molecule has 0 aromatic carbocycles. The van der Waals surface area contributed by atoms with Gasteiger partial charge in [0.25, 0.3) is 5.91 Å². The Bertz CT molecular complexity index is 446. The molecule has 1 unspecified atom stereocenters. The maximum Gasteiger partial charge on any atom is 0.273 e. The highest BCUT2D eigenvalue weighted by atomic mass is 79.9.